The molecule has 1 N–H and O–H groups in total. The number of aryl methyl sites for hydroxylation is 2. The van der Waals surface area contributed by atoms with Gasteiger partial charge >= 0.3 is 6.18 Å². The Morgan fingerprint density at radius 1 is 1.21 bits per heavy atom. The summed E-state index contributed by atoms with van der Waals surface area (Å²) in [6, 6.07) is 5.21. The molecule has 1 atom stereocenters. The average Bonchev–Trinajstić information content (AvgIpc) is 2.66. The molecule has 3 heterocycles. The second-order valence-corrected chi connectivity index (χ2v) is 7.34. The lowest BCUT2D eigenvalue weighted by molar-refractivity contribution is -0.139. The van der Waals surface area contributed by atoms with Crippen molar-refractivity contribution >= 4 is 28.3 Å². The van der Waals surface area contributed by atoms with Gasteiger partial charge in [-0.1, -0.05) is 23.7 Å². The van der Waals surface area contributed by atoms with Gasteiger partial charge in [-0.05, 0) is 32.4 Å². The van der Waals surface area contributed by atoms with Crippen molar-refractivity contribution in [2.45, 2.75) is 38.9 Å². The number of benzene rings is 1. The zero-order chi connectivity index (χ0) is 20.8. The third-order valence-corrected chi connectivity index (χ3v) is 5.03. The molecule has 2 aromatic heterocycles. The molecular weight excluding hydrogens is 405 g/mol. The number of halogens is 4. The smallest absolute Gasteiger partial charge is 0.419 e. The van der Waals surface area contributed by atoms with E-state index in [0.29, 0.717) is 51.8 Å². The van der Waals surface area contributed by atoms with Gasteiger partial charge in [0.25, 0.3) is 0 Å². The van der Waals surface area contributed by atoms with Crippen molar-refractivity contribution in [3.63, 3.8) is 0 Å². The maximum absolute atomic E-state index is 13.5. The summed E-state index contributed by atoms with van der Waals surface area (Å²) >= 11 is 6.12. The van der Waals surface area contributed by atoms with E-state index >= 15 is 0 Å². The van der Waals surface area contributed by atoms with Crippen molar-refractivity contribution in [1.29, 1.82) is 0 Å². The lowest BCUT2D eigenvalue weighted by Gasteiger charge is -2.22. The lowest BCUT2D eigenvalue weighted by atomic mass is 10.0. The Morgan fingerprint density at radius 2 is 2.00 bits per heavy atom. The highest BCUT2D eigenvalue weighted by molar-refractivity contribution is 6.30. The highest BCUT2D eigenvalue weighted by Crippen LogP contribution is 2.41. The van der Waals surface area contributed by atoms with E-state index in [-0.39, 0.29) is 12.4 Å². The fourth-order valence-electron chi connectivity index (χ4n) is 3.48. The summed E-state index contributed by atoms with van der Waals surface area (Å²) in [6.07, 6.45) is -3.57. The summed E-state index contributed by atoms with van der Waals surface area (Å²) in [5, 5.41) is 4.20. The van der Waals surface area contributed by atoms with Gasteiger partial charge in [-0.3, -0.25) is 0 Å². The van der Waals surface area contributed by atoms with Crippen LogP contribution in [-0.4, -0.2) is 21.6 Å². The fourth-order valence-corrected chi connectivity index (χ4v) is 3.72. The minimum atomic E-state index is -4.51. The fraction of sp³-hybridized carbons (Fsp3) is 0.350. The van der Waals surface area contributed by atoms with Crippen molar-refractivity contribution in [2.75, 3.05) is 11.9 Å². The van der Waals surface area contributed by atoms with Crippen molar-refractivity contribution in [2.24, 2.45) is 0 Å². The summed E-state index contributed by atoms with van der Waals surface area (Å²) in [4.78, 5) is 13.4. The molecule has 0 fully saturated rings. The number of aromatic nitrogens is 3. The van der Waals surface area contributed by atoms with E-state index in [1.807, 2.05) is 6.92 Å². The first-order chi connectivity index (χ1) is 13.7. The Kier molecular flexibility index (Phi) is 4.98. The Hall–Kier alpha value is -2.61. The van der Waals surface area contributed by atoms with E-state index in [2.05, 4.69) is 20.3 Å². The normalized spacial score (nSPS) is 17.1. The van der Waals surface area contributed by atoms with Crippen LogP contribution >= 0.6 is 11.6 Å². The molecule has 1 unspecified atom stereocenters. The minimum Gasteiger partial charge on any atom is -0.493 e. The third-order valence-electron chi connectivity index (χ3n) is 4.83. The van der Waals surface area contributed by atoms with Crippen LogP contribution in [0.1, 0.15) is 42.0 Å². The van der Waals surface area contributed by atoms with Crippen molar-refractivity contribution in [3.8, 4) is 5.75 Å². The van der Waals surface area contributed by atoms with Crippen LogP contribution in [0.25, 0.3) is 10.9 Å². The monoisotopic (exact) mass is 422 g/mol. The van der Waals surface area contributed by atoms with Crippen molar-refractivity contribution < 1.29 is 17.9 Å². The summed E-state index contributed by atoms with van der Waals surface area (Å²) < 4.78 is 46.2. The first-order valence-corrected chi connectivity index (χ1v) is 9.55. The Morgan fingerprint density at radius 3 is 2.76 bits per heavy atom. The Labute approximate surface area is 170 Å². The molecule has 1 aromatic carbocycles. The van der Waals surface area contributed by atoms with E-state index < -0.39 is 17.8 Å². The highest BCUT2D eigenvalue weighted by atomic mass is 35.5. The van der Waals surface area contributed by atoms with Gasteiger partial charge in [0.2, 0.25) is 0 Å². The minimum absolute atomic E-state index is 0.126. The maximum atomic E-state index is 13.5. The number of ether oxygens (including phenoxy) is 1. The Bertz CT molecular complexity index is 1090. The second-order valence-electron chi connectivity index (χ2n) is 6.95. The van der Waals surface area contributed by atoms with Crippen LogP contribution in [0.3, 0.4) is 0 Å². The van der Waals surface area contributed by atoms with Gasteiger partial charge in [0.1, 0.15) is 22.5 Å². The number of alkyl halides is 3. The van der Waals surface area contributed by atoms with Gasteiger partial charge in [-0.15, -0.1) is 0 Å². The van der Waals surface area contributed by atoms with Gasteiger partial charge in [-0.2, -0.15) is 13.2 Å². The zero-order valence-electron chi connectivity index (χ0n) is 15.8. The van der Waals surface area contributed by atoms with E-state index in [0.717, 1.165) is 6.07 Å². The number of pyridine rings is 1. The largest absolute Gasteiger partial charge is 0.493 e. The van der Waals surface area contributed by atoms with Crippen LogP contribution in [0.5, 0.6) is 5.75 Å². The predicted octanol–water partition coefficient (Wildman–Crippen LogP) is 5.50. The average molecular weight is 423 g/mol. The molecule has 5 nitrogen and oxygen atoms in total. The third kappa shape index (κ3) is 3.81. The number of para-hydroxylation sites is 1. The molecule has 0 saturated heterocycles. The van der Waals surface area contributed by atoms with Crippen LogP contribution in [0.2, 0.25) is 5.15 Å². The molecule has 29 heavy (non-hydrogen) atoms. The molecule has 0 saturated carbocycles. The molecule has 4 rings (SSSR count). The molecule has 1 aliphatic rings. The standard InChI is InChI=1S/C20H18ClF3N4O/c1-10-12-5-3-6-14(20(22,23)24)18(12)29-8-4-7-16-27-17-11(2)25-15(21)9-13(17)19(26-10)28-16/h3,5-6,9-10H,4,7-8H2,1-2H3,(H,26,27,28). The summed E-state index contributed by atoms with van der Waals surface area (Å²) in [5.41, 5.74) is 0.955. The molecule has 3 aromatic rings. The van der Waals surface area contributed by atoms with Crippen molar-refractivity contribution in [1.82, 2.24) is 15.0 Å². The van der Waals surface area contributed by atoms with Crippen LogP contribution in [-0.2, 0) is 12.6 Å². The number of anilines is 1. The van der Waals surface area contributed by atoms with E-state index in [1.54, 1.807) is 19.1 Å². The van der Waals surface area contributed by atoms with E-state index in [4.69, 9.17) is 16.3 Å². The van der Waals surface area contributed by atoms with Gasteiger partial charge in [0, 0.05) is 17.4 Å². The molecule has 0 aliphatic carbocycles. The number of rotatable bonds is 0. The number of hydrogen-bond donors (Lipinski definition) is 1. The van der Waals surface area contributed by atoms with E-state index in [9.17, 15) is 13.2 Å². The first kappa shape index (κ1) is 19.7. The second kappa shape index (κ2) is 7.33. The van der Waals surface area contributed by atoms with Crippen LogP contribution in [0.4, 0.5) is 19.0 Å². The predicted molar refractivity (Wildman–Crippen MR) is 104 cm³/mol. The molecule has 0 amide bonds. The summed E-state index contributed by atoms with van der Waals surface area (Å²) in [5.74, 6) is 0.934. The van der Waals surface area contributed by atoms with Gasteiger partial charge in [0.05, 0.1) is 29.4 Å². The van der Waals surface area contributed by atoms with Crippen molar-refractivity contribution in [3.05, 3.63) is 52.1 Å². The molecule has 9 heteroatoms. The molecule has 2 bridgehead atoms. The number of nitrogens with zero attached hydrogens (tertiary/aromatic N) is 3. The molecular formula is C20H18ClF3N4O. The quantitative estimate of drug-likeness (QED) is 0.484. The van der Waals surface area contributed by atoms with Crippen LogP contribution < -0.4 is 10.1 Å². The van der Waals surface area contributed by atoms with E-state index in [1.165, 1.54) is 6.07 Å². The molecule has 0 radical (unpaired) electrons. The van der Waals surface area contributed by atoms with Crippen LogP contribution in [0.15, 0.2) is 24.3 Å². The first-order valence-electron chi connectivity index (χ1n) is 9.17. The Balaban J connectivity index is 1.88. The lowest BCUT2D eigenvalue weighted by Crippen LogP contribution is -2.15. The highest BCUT2D eigenvalue weighted by Gasteiger charge is 2.36. The van der Waals surface area contributed by atoms with Gasteiger partial charge in [-0.25, -0.2) is 15.0 Å². The number of fused-ring (bicyclic) bond motifs is 5. The number of nitrogens with one attached hydrogen (secondary N) is 1. The zero-order valence-corrected chi connectivity index (χ0v) is 16.5. The summed E-state index contributed by atoms with van der Waals surface area (Å²) in [6.45, 7) is 3.70. The van der Waals surface area contributed by atoms with Gasteiger partial charge in [0.15, 0.2) is 0 Å². The number of hydrogen-bond acceptors (Lipinski definition) is 5. The van der Waals surface area contributed by atoms with Crippen LogP contribution in [0, 0.1) is 6.92 Å². The topological polar surface area (TPSA) is 59.9 Å². The van der Waals surface area contributed by atoms with Gasteiger partial charge < -0.3 is 10.1 Å². The summed E-state index contributed by atoms with van der Waals surface area (Å²) in [7, 11) is 0. The maximum Gasteiger partial charge on any atom is 0.419 e. The SMILES string of the molecule is Cc1nc(Cl)cc2c3nc(nc12)CCCOc1c(cccc1C(F)(F)F)C(C)N3. The molecule has 1 aliphatic heterocycles. The molecule has 152 valence electrons. The molecule has 0 spiro atoms.